The van der Waals surface area contributed by atoms with E-state index in [1.165, 1.54) is 4.57 Å². The first-order valence-electron chi connectivity index (χ1n) is 5.96. The monoisotopic (exact) mass is 256 g/mol. The lowest BCUT2D eigenvalue weighted by atomic mass is 10.0. The van der Waals surface area contributed by atoms with Gasteiger partial charge < -0.3 is 4.98 Å². The van der Waals surface area contributed by atoms with Crippen LogP contribution in [0.1, 0.15) is 18.4 Å². The normalized spacial score (nSPS) is 14.9. The molecule has 0 saturated heterocycles. The zero-order valence-electron chi connectivity index (χ0n) is 10.1. The number of aromatic nitrogens is 2. The SMILES string of the molecule is O=C1CCC(c2ccc(-n3cc[nH]c3=O)cc2)=NN1. The maximum atomic E-state index is 11.5. The molecule has 1 aromatic carbocycles. The first-order valence-corrected chi connectivity index (χ1v) is 5.96. The minimum absolute atomic E-state index is 0.0563. The summed E-state index contributed by atoms with van der Waals surface area (Å²) in [5.41, 5.74) is 4.89. The van der Waals surface area contributed by atoms with Crippen molar-refractivity contribution < 1.29 is 4.79 Å². The number of hydrazone groups is 1. The van der Waals surface area contributed by atoms with Crippen molar-refractivity contribution in [1.29, 1.82) is 0 Å². The predicted molar refractivity (Wildman–Crippen MR) is 70.3 cm³/mol. The van der Waals surface area contributed by atoms with Gasteiger partial charge in [0.25, 0.3) is 0 Å². The van der Waals surface area contributed by atoms with E-state index in [9.17, 15) is 9.59 Å². The number of benzene rings is 1. The second-order valence-electron chi connectivity index (χ2n) is 4.28. The van der Waals surface area contributed by atoms with Gasteiger partial charge in [-0.15, -0.1) is 0 Å². The summed E-state index contributed by atoms with van der Waals surface area (Å²) in [6.07, 6.45) is 4.36. The second-order valence-corrected chi connectivity index (χ2v) is 4.28. The van der Waals surface area contributed by atoms with Gasteiger partial charge in [0.05, 0.1) is 11.4 Å². The van der Waals surface area contributed by atoms with Gasteiger partial charge in [-0.05, 0) is 17.7 Å². The molecule has 0 aliphatic carbocycles. The molecule has 3 rings (SSSR count). The Labute approximate surface area is 108 Å². The molecular formula is C13H12N4O2. The summed E-state index contributed by atoms with van der Waals surface area (Å²) in [5.74, 6) is -0.0563. The molecule has 2 aromatic rings. The second kappa shape index (κ2) is 4.56. The van der Waals surface area contributed by atoms with E-state index >= 15 is 0 Å². The van der Waals surface area contributed by atoms with E-state index in [0.29, 0.717) is 12.8 Å². The van der Waals surface area contributed by atoms with Crippen LogP contribution >= 0.6 is 0 Å². The third kappa shape index (κ3) is 2.20. The fourth-order valence-electron chi connectivity index (χ4n) is 2.02. The number of nitrogens with zero attached hydrogens (tertiary/aromatic N) is 2. The van der Waals surface area contributed by atoms with Crippen LogP contribution in [0.2, 0.25) is 0 Å². The van der Waals surface area contributed by atoms with Gasteiger partial charge >= 0.3 is 5.69 Å². The van der Waals surface area contributed by atoms with Gasteiger partial charge in [0, 0.05) is 25.2 Å². The number of aromatic amines is 1. The molecule has 6 heteroatoms. The van der Waals surface area contributed by atoms with Gasteiger partial charge in [0.15, 0.2) is 0 Å². The summed E-state index contributed by atoms with van der Waals surface area (Å²) >= 11 is 0. The minimum atomic E-state index is -0.171. The van der Waals surface area contributed by atoms with Crippen molar-refractivity contribution in [3.8, 4) is 5.69 Å². The summed E-state index contributed by atoms with van der Waals surface area (Å²) in [5, 5.41) is 4.03. The molecule has 2 N–H and O–H groups in total. The maximum absolute atomic E-state index is 11.5. The van der Waals surface area contributed by atoms with Crippen LogP contribution < -0.4 is 11.1 Å². The van der Waals surface area contributed by atoms with Crippen LogP contribution in [-0.4, -0.2) is 21.2 Å². The lowest BCUT2D eigenvalue weighted by Crippen LogP contribution is -2.25. The summed E-state index contributed by atoms with van der Waals surface area (Å²) in [7, 11) is 0. The van der Waals surface area contributed by atoms with Gasteiger partial charge in [-0.2, -0.15) is 5.10 Å². The lowest BCUT2D eigenvalue weighted by Gasteiger charge is -2.12. The molecule has 6 nitrogen and oxygen atoms in total. The highest BCUT2D eigenvalue weighted by Crippen LogP contribution is 2.13. The molecule has 19 heavy (non-hydrogen) atoms. The average Bonchev–Trinajstić information content (AvgIpc) is 2.86. The molecule has 1 aliphatic heterocycles. The van der Waals surface area contributed by atoms with Crippen molar-refractivity contribution in [2.24, 2.45) is 5.10 Å². The van der Waals surface area contributed by atoms with Crippen molar-refractivity contribution in [2.45, 2.75) is 12.8 Å². The number of H-pyrrole nitrogens is 1. The van der Waals surface area contributed by atoms with Crippen molar-refractivity contribution in [3.63, 3.8) is 0 Å². The maximum Gasteiger partial charge on any atom is 0.330 e. The molecule has 0 unspecified atom stereocenters. The molecular weight excluding hydrogens is 244 g/mol. The topological polar surface area (TPSA) is 79.2 Å². The smallest absolute Gasteiger partial charge is 0.312 e. The molecule has 1 amide bonds. The number of nitrogens with one attached hydrogen (secondary N) is 2. The van der Waals surface area contributed by atoms with Gasteiger partial charge in [-0.1, -0.05) is 12.1 Å². The Hall–Kier alpha value is -2.63. The van der Waals surface area contributed by atoms with Crippen molar-refractivity contribution in [1.82, 2.24) is 15.0 Å². The summed E-state index contributed by atoms with van der Waals surface area (Å²) in [6, 6.07) is 7.49. The predicted octanol–water partition coefficient (Wildman–Crippen LogP) is 0.780. The van der Waals surface area contributed by atoms with Crippen molar-refractivity contribution in [3.05, 3.63) is 52.7 Å². The highest BCUT2D eigenvalue weighted by Gasteiger charge is 2.13. The fraction of sp³-hybridized carbons (Fsp3) is 0.154. The molecule has 0 fully saturated rings. The Morgan fingerprint density at radius 3 is 2.47 bits per heavy atom. The Morgan fingerprint density at radius 1 is 1.11 bits per heavy atom. The van der Waals surface area contributed by atoms with E-state index in [1.807, 2.05) is 24.3 Å². The lowest BCUT2D eigenvalue weighted by molar-refractivity contribution is -0.121. The van der Waals surface area contributed by atoms with E-state index in [1.54, 1.807) is 12.4 Å². The van der Waals surface area contributed by atoms with Crippen LogP contribution in [0, 0.1) is 0 Å². The highest BCUT2D eigenvalue weighted by atomic mass is 16.2. The molecule has 0 bridgehead atoms. The van der Waals surface area contributed by atoms with E-state index < -0.39 is 0 Å². The molecule has 2 heterocycles. The zero-order valence-corrected chi connectivity index (χ0v) is 10.1. The Balaban J connectivity index is 1.89. The number of carbonyl (C=O) groups is 1. The van der Waals surface area contributed by atoms with Crippen LogP contribution in [0.3, 0.4) is 0 Å². The summed E-state index contributed by atoms with van der Waals surface area (Å²) < 4.78 is 1.52. The van der Waals surface area contributed by atoms with Gasteiger partial charge in [-0.3, -0.25) is 9.36 Å². The average molecular weight is 256 g/mol. The number of imidazole rings is 1. The quantitative estimate of drug-likeness (QED) is 0.832. The molecule has 0 atom stereocenters. The Bertz CT molecular complexity index is 694. The molecule has 0 saturated carbocycles. The first kappa shape index (κ1) is 11.5. The molecule has 1 aliphatic rings. The molecule has 0 spiro atoms. The van der Waals surface area contributed by atoms with Crippen LogP contribution in [0.4, 0.5) is 0 Å². The minimum Gasteiger partial charge on any atom is -0.312 e. The number of hydrogen-bond acceptors (Lipinski definition) is 3. The molecule has 0 radical (unpaired) electrons. The van der Waals surface area contributed by atoms with Crippen LogP contribution in [0.15, 0.2) is 46.6 Å². The van der Waals surface area contributed by atoms with E-state index in [2.05, 4.69) is 15.5 Å². The molecule has 1 aromatic heterocycles. The van der Waals surface area contributed by atoms with Gasteiger partial charge in [0.2, 0.25) is 5.91 Å². The summed E-state index contributed by atoms with van der Waals surface area (Å²) in [6.45, 7) is 0. The van der Waals surface area contributed by atoms with E-state index in [0.717, 1.165) is 17.0 Å². The van der Waals surface area contributed by atoms with Crippen molar-refractivity contribution >= 4 is 11.6 Å². The van der Waals surface area contributed by atoms with Gasteiger partial charge in [0.1, 0.15) is 0 Å². The summed E-state index contributed by atoms with van der Waals surface area (Å²) in [4.78, 5) is 25.1. The Morgan fingerprint density at radius 2 is 1.89 bits per heavy atom. The zero-order chi connectivity index (χ0) is 13.2. The number of amides is 1. The molecule has 96 valence electrons. The van der Waals surface area contributed by atoms with Crippen LogP contribution in [-0.2, 0) is 4.79 Å². The third-order valence-corrected chi connectivity index (χ3v) is 3.03. The highest BCUT2D eigenvalue weighted by molar-refractivity contribution is 6.04. The van der Waals surface area contributed by atoms with Gasteiger partial charge in [-0.25, -0.2) is 10.2 Å². The van der Waals surface area contributed by atoms with E-state index in [4.69, 9.17) is 0 Å². The van der Waals surface area contributed by atoms with Crippen LogP contribution in [0.25, 0.3) is 5.69 Å². The number of rotatable bonds is 2. The van der Waals surface area contributed by atoms with Crippen molar-refractivity contribution in [2.75, 3.05) is 0 Å². The number of hydrogen-bond donors (Lipinski definition) is 2. The van der Waals surface area contributed by atoms with E-state index in [-0.39, 0.29) is 11.6 Å². The first-order chi connectivity index (χ1) is 9.24. The third-order valence-electron chi connectivity index (χ3n) is 3.03. The number of carbonyl (C=O) groups excluding carboxylic acids is 1. The van der Waals surface area contributed by atoms with Crippen LogP contribution in [0.5, 0.6) is 0 Å². The largest absolute Gasteiger partial charge is 0.330 e. The fourth-order valence-corrected chi connectivity index (χ4v) is 2.02. The standard InChI is InChI=1S/C13H12N4O2/c18-12-6-5-11(15-16-12)9-1-3-10(4-2-9)17-8-7-14-13(17)19/h1-4,7-8H,5-6H2,(H,14,19)(H,16,18). The Kier molecular flexibility index (Phi) is 2.75.